The van der Waals surface area contributed by atoms with Gasteiger partial charge in [-0.05, 0) is 35.9 Å². The van der Waals surface area contributed by atoms with E-state index in [0.29, 0.717) is 11.3 Å². The van der Waals surface area contributed by atoms with Crippen molar-refractivity contribution in [3.8, 4) is 0 Å². The summed E-state index contributed by atoms with van der Waals surface area (Å²) < 4.78 is 52.2. The Bertz CT molecular complexity index is 1410. The first-order valence-corrected chi connectivity index (χ1v) is 12.5. The van der Waals surface area contributed by atoms with Gasteiger partial charge in [-0.1, -0.05) is 36.5 Å². The van der Waals surface area contributed by atoms with Gasteiger partial charge in [0, 0.05) is 12.3 Å². The molecule has 6 nitrogen and oxygen atoms in total. The molecule has 0 N–H and O–H groups in total. The molecule has 0 radical (unpaired) electrons. The van der Waals surface area contributed by atoms with Crippen molar-refractivity contribution in [1.29, 1.82) is 0 Å². The van der Waals surface area contributed by atoms with Gasteiger partial charge in [-0.2, -0.15) is 0 Å². The fourth-order valence-corrected chi connectivity index (χ4v) is 5.13. The smallest absolute Gasteiger partial charge is 0.233 e. The van der Waals surface area contributed by atoms with Gasteiger partial charge in [0.05, 0.1) is 34.0 Å². The number of nitrogens with zero attached hydrogens (tertiary/aromatic N) is 3. The molecule has 0 saturated heterocycles. The van der Waals surface area contributed by atoms with E-state index >= 15 is 0 Å². The summed E-state index contributed by atoms with van der Waals surface area (Å²) in [6, 6.07) is 13.3. The van der Waals surface area contributed by atoms with Crippen LogP contribution in [0.3, 0.4) is 0 Å². The number of rotatable bonds is 7. The highest BCUT2D eigenvalue weighted by Gasteiger charge is 2.23. The van der Waals surface area contributed by atoms with E-state index in [0.717, 1.165) is 17.4 Å². The summed E-state index contributed by atoms with van der Waals surface area (Å²) in [5.41, 5.74) is 1.20. The van der Waals surface area contributed by atoms with Crippen molar-refractivity contribution < 1.29 is 22.0 Å². The number of aromatic nitrogens is 2. The number of amides is 1. The minimum atomic E-state index is -3.34. The van der Waals surface area contributed by atoms with E-state index in [9.17, 15) is 22.0 Å². The maximum Gasteiger partial charge on any atom is 0.233 e. The van der Waals surface area contributed by atoms with Crippen molar-refractivity contribution in [3.63, 3.8) is 0 Å². The summed E-state index contributed by atoms with van der Waals surface area (Å²) in [5.74, 6) is -1.88. The van der Waals surface area contributed by atoms with Crippen molar-refractivity contribution in [3.05, 3.63) is 83.7 Å². The summed E-state index contributed by atoms with van der Waals surface area (Å²) in [6.45, 7) is 1.65. The van der Waals surface area contributed by atoms with Gasteiger partial charge in [0.2, 0.25) is 5.91 Å². The second-order valence-electron chi connectivity index (χ2n) is 7.26. The number of sulfone groups is 1. The number of hydrogen-bond donors (Lipinski definition) is 0. The molecule has 0 fully saturated rings. The molecule has 0 aliphatic heterocycles. The summed E-state index contributed by atoms with van der Waals surface area (Å²) in [5, 5.41) is 0.218. The molecule has 0 atom stereocenters. The minimum absolute atomic E-state index is 0.00986. The molecule has 2 heterocycles. The fourth-order valence-electron chi connectivity index (χ4n) is 3.23. The minimum Gasteiger partial charge on any atom is -0.282 e. The third-order valence-corrected chi connectivity index (χ3v) is 7.77. The highest BCUT2D eigenvalue weighted by molar-refractivity contribution is 7.91. The van der Waals surface area contributed by atoms with Crippen LogP contribution < -0.4 is 4.90 Å². The number of carbonyl (C=O) groups excluding carboxylic acids is 1. The van der Waals surface area contributed by atoms with Crippen LogP contribution in [0.25, 0.3) is 10.2 Å². The highest BCUT2D eigenvalue weighted by Crippen LogP contribution is 2.32. The second kappa shape index (κ2) is 9.32. The third-order valence-electron chi connectivity index (χ3n) is 5.00. The second-order valence-corrected chi connectivity index (χ2v) is 10.5. The van der Waals surface area contributed by atoms with Crippen molar-refractivity contribution in [1.82, 2.24) is 9.97 Å². The van der Waals surface area contributed by atoms with Gasteiger partial charge in [-0.3, -0.25) is 14.7 Å². The summed E-state index contributed by atoms with van der Waals surface area (Å²) in [4.78, 5) is 23.3. The molecule has 0 spiro atoms. The first kappa shape index (κ1) is 22.9. The molecule has 170 valence electrons. The Balaban J connectivity index is 1.66. The average molecular weight is 488 g/mol. The maximum atomic E-state index is 14.2. The lowest BCUT2D eigenvalue weighted by molar-refractivity contribution is -0.118. The van der Waals surface area contributed by atoms with Crippen molar-refractivity contribution in [2.45, 2.75) is 24.8 Å². The molecule has 0 bridgehead atoms. The number of fused-ring (bicyclic) bond motifs is 1. The zero-order chi connectivity index (χ0) is 23.6. The van der Waals surface area contributed by atoms with Crippen LogP contribution in [0.4, 0.5) is 13.9 Å². The monoisotopic (exact) mass is 487 g/mol. The lowest BCUT2D eigenvalue weighted by Gasteiger charge is -2.19. The van der Waals surface area contributed by atoms with E-state index in [1.54, 1.807) is 43.5 Å². The molecule has 4 aromatic rings. The maximum absolute atomic E-state index is 14.2. The van der Waals surface area contributed by atoms with E-state index in [-0.39, 0.29) is 44.9 Å². The van der Waals surface area contributed by atoms with Gasteiger partial charge in [0.15, 0.2) is 20.8 Å². The molecule has 33 heavy (non-hydrogen) atoms. The third kappa shape index (κ3) is 5.07. The summed E-state index contributed by atoms with van der Waals surface area (Å²) in [6.07, 6.45) is 1.56. The van der Waals surface area contributed by atoms with Crippen LogP contribution in [-0.4, -0.2) is 30.0 Å². The standard InChI is InChI=1S/C23H19F2N3O3S2/c1-2-33(30,31)18-8-6-15(7-9-18)11-21(29)28(14-17-5-3-4-10-26-17)23-27-22-19(25)12-16(24)13-20(22)32-23/h3-10,12-13H,2,11,14H2,1H3. The first-order valence-electron chi connectivity index (χ1n) is 10.0. The highest BCUT2D eigenvalue weighted by atomic mass is 32.2. The SMILES string of the molecule is CCS(=O)(=O)c1ccc(CC(=O)N(Cc2ccccn2)c2nc3c(F)cc(F)cc3s2)cc1. The predicted molar refractivity (Wildman–Crippen MR) is 123 cm³/mol. The molecule has 10 heteroatoms. The van der Waals surface area contributed by atoms with Gasteiger partial charge in [0.25, 0.3) is 0 Å². The van der Waals surface area contributed by atoms with Gasteiger partial charge < -0.3 is 0 Å². The quantitative estimate of drug-likeness (QED) is 0.382. The number of benzene rings is 2. The van der Waals surface area contributed by atoms with E-state index in [4.69, 9.17) is 0 Å². The first-order chi connectivity index (χ1) is 15.8. The molecular weight excluding hydrogens is 468 g/mol. The van der Waals surface area contributed by atoms with Crippen LogP contribution in [0.2, 0.25) is 0 Å². The Morgan fingerprint density at radius 2 is 1.85 bits per heavy atom. The predicted octanol–water partition coefficient (Wildman–Crippen LogP) is 4.54. The Hall–Kier alpha value is -3.24. The molecule has 2 aromatic carbocycles. The normalized spacial score (nSPS) is 11.6. The lowest BCUT2D eigenvalue weighted by Crippen LogP contribution is -2.32. The van der Waals surface area contributed by atoms with Gasteiger partial charge in [-0.25, -0.2) is 22.2 Å². The average Bonchev–Trinajstić information content (AvgIpc) is 3.22. The molecular formula is C23H19F2N3O3S2. The molecule has 1 amide bonds. The molecule has 4 rings (SSSR count). The Morgan fingerprint density at radius 1 is 1.09 bits per heavy atom. The summed E-state index contributed by atoms with van der Waals surface area (Å²) >= 11 is 1.01. The Morgan fingerprint density at radius 3 is 2.52 bits per heavy atom. The molecule has 0 aliphatic rings. The van der Waals surface area contributed by atoms with Gasteiger partial charge in [0.1, 0.15) is 11.3 Å². The van der Waals surface area contributed by atoms with Crippen molar-refractivity contribution in [2.24, 2.45) is 0 Å². The molecule has 0 unspecified atom stereocenters. The van der Waals surface area contributed by atoms with Crippen LogP contribution >= 0.6 is 11.3 Å². The van der Waals surface area contributed by atoms with E-state index in [1.807, 2.05) is 0 Å². The van der Waals surface area contributed by atoms with Gasteiger partial charge in [-0.15, -0.1) is 0 Å². The molecule has 2 aromatic heterocycles. The van der Waals surface area contributed by atoms with E-state index in [2.05, 4.69) is 9.97 Å². The lowest BCUT2D eigenvalue weighted by atomic mass is 10.1. The van der Waals surface area contributed by atoms with Crippen LogP contribution in [0.5, 0.6) is 0 Å². The van der Waals surface area contributed by atoms with Crippen LogP contribution in [0.15, 0.2) is 65.7 Å². The number of halogens is 2. The van der Waals surface area contributed by atoms with E-state index in [1.165, 1.54) is 23.1 Å². The fraction of sp³-hybridized carbons (Fsp3) is 0.174. The van der Waals surface area contributed by atoms with Crippen LogP contribution in [-0.2, 0) is 27.6 Å². The number of pyridine rings is 1. The van der Waals surface area contributed by atoms with Crippen molar-refractivity contribution in [2.75, 3.05) is 10.7 Å². The van der Waals surface area contributed by atoms with E-state index < -0.39 is 21.5 Å². The number of thiazole rings is 1. The number of anilines is 1. The zero-order valence-corrected chi connectivity index (χ0v) is 19.2. The summed E-state index contributed by atoms with van der Waals surface area (Å²) in [7, 11) is -3.34. The van der Waals surface area contributed by atoms with Crippen LogP contribution in [0, 0.1) is 11.6 Å². The molecule has 0 saturated carbocycles. The largest absolute Gasteiger partial charge is 0.282 e. The van der Waals surface area contributed by atoms with Crippen LogP contribution in [0.1, 0.15) is 18.2 Å². The Labute approximate surface area is 193 Å². The van der Waals surface area contributed by atoms with Gasteiger partial charge >= 0.3 is 0 Å². The number of hydrogen-bond acceptors (Lipinski definition) is 6. The van der Waals surface area contributed by atoms with Crippen molar-refractivity contribution >= 4 is 42.4 Å². The number of carbonyl (C=O) groups is 1. The molecule has 0 aliphatic carbocycles. The zero-order valence-electron chi connectivity index (χ0n) is 17.5. The topological polar surface area (TPSA) is 80.2 Å². The Kier molecular flexibility index (Phi) is 6.48.